The third kappa shape index (κ3) is 8.90. The summed E-state index contributed by atoms with van der Waals surface area (Å²) in [6, 6.07) is 0. The molecule has 0 aromatic heterocycles. The molecule has 8 heavy (non-hydrogen) atoms. The van der Waals surface area contributed by atoms with Gasteiger partial charge in [0.15, 0.2) is 5.78 Å². The van der Waals surface area contributed by atoms with E-state index in [1.165, 1.54) is 6.92 Å². The Bertz CT molecular complexity index is 88.7. The van der Waals surface area contributed by atoms with Crippen LogP contribution in [0.2, 0.25) is 0 Å². The molecule has 0 spiro atoms. The number of carbonyl (C=O) groups is 1. The van der Waals surface area contributed by atoms with Crippen LogP contribution in [0, 0.1) is 10.1 Å². The van der Waals surface area contributed by atoms with Crippen molar-refractivity contribution in [3.63, 3.8) is 0 Å². The van der Waals surface area contributed by atoms with Crippen molar-refractivity contribution >= 4 is 5.78 Å². The molecule has 0 amide bonds. The Morgan fingerprint density at radius 3 is 2.12 bits per heavy atom. The molecule has 0 aromatic rings. The van der Waals surface area contributed by atoms with E-state index in [4.69, 9.17) is 0 Å². The summed E-state index contributed by atoms with van der Waals surface area (Å²) in [5, 5.41) is 9.39. The van der Waals surface area contributed by atoms with E-state index in [9.17, 15) is 14.9 Å². The summed E-state index contributed by atoms with van der Waals surface area (Å²) >= 11 is 0. The lowest BCUT2D eigenvalue weighted by Crippen LogP contribution is -2.08. The normalized spacial score (nSPS) is 7.12. The summed E-state index contributed by atoms with van der Waals surface area (Å²) in [4.78, 5) is 18.6. The van der Waals surface area contributed by atoms with Gasteiger partial charge in [-0.2, -0.15) is 0 Å². The molecule has 0 bridgehead atoms. The van der Waals surface area contributed by atoms with Crippen LogP contribution in [0.3, 0.4) is 0 Å². The zero-order chi connectivity index (χ0) is 5.86. The van der Waals surface area contributed by atoms with Crippen molar-refractivity contribution in [3.05, 3.63) is 10.1 Å². The maximum Gasteiger partial charge on any atom is 0.260 e. The van der Waals surface area contributed by atoms with Gasteiger partial charge < -0.3 is 6.15 Å². The zero-order valence-electron chi connectivity index (χ0n) is 4.59. The van der Waals surface area contributed by atoms with E-state index in [0.717, 1.165) is 0 Å². The van der Waals surface area contributed by atoms with Gasteiger partial charge in [-0.25, -0.2) is 0 Å². The van der Waals surface area contributed by atoms with Gasteiger partial charge in [0.1, 0.15) is 0 Å². The molecule has 0 saturated heterocycles. The van der Waals surface area contributed by atoms with Crippen molar-refractivity contribution in [2.75, 3.05) is 6.54 Å². The monoisotopic (exact) mass is 120 g/mol. The minimum absolute atomic E-state index is 0. The second-order valence-electron chi connectivity index (χ2n) is 1.19. The van der Waals surface area contributed by atoms with Crippen LogP contribution >= 0.6 is 0 Å². The molecule has 0 heterocycles. The standard InChI is InChI=1S/C3H5NO3.H3N/c1-3(5)2-4(6)7;/h2H2,1H3;1H3. The van der Waals surface area contributed by atoms with Gasteiger partial charge in [0.25, 0.3) is 6.54 Å². The molecular formula is C3H8N2O3. The molecule has 5 nitrogen and oxygen atoms in total. The van der Waals surface area contributed by atoms with Crippen LogP contribution in [0.15, 0.2) is 0 Å². The van der Waals surface area contributed by atoms with E-state index in [2.05, 4.69) is 0 Å². The number of Topliss-reactive ketones (excluding diaryl/α,β-unsaturated/α-hetero) is 1. The second-order valence-corrected chi connectivity index (χ2v) is 1.19. The van der Waals surface area contributed by atoms with Crippen molar-refractivity contribution in [1.82, 2.24) is 6.15 Å². The largest absolute Gasteiger partial charge is 0.344 e. The zero-order valence-corrected chi connectivity index (χ0v) is 4.59. The molecule has 0 aliphatic carbocycles. The van der Waals surface area contributed by atoms with Crippen LogP contribution in [0.25, 0.3) is 0 Å². The maximum absolute atomic E-state index is 9.81. The Labute approximate surface area is 46.4 Å². The van der Waals surface area contributed by atoms with E-state index >= 15 is 0 Å². The fraction of sp³-hybridized carbons (Fsp3) is 0.667. The number of nitro groups is 1. The predicted octanol–water partition coefficient (Wildman–Crippen LogP) is 0.0141. The molecule has 3 N–H and O–H groups in total. The summed E-state index contributed by atoms with van der Waals surface area (Å²) in [6.45, 7) is 0.628. The van der Waals surface area contributed by atoms with Crippen LogP contribution in [-0.2, 0) is 4.79 Å². The van der Waals surface area contributed by atoms with Crippen molar-refractivity contribution < 1.29 is 9.72 Å². The molecule has 5 heteroatoms. The number of rotatable bonds is 2. The van der Waals surface area contributed by atoms with Gasteiger partial charge in [-0.1, -0.05) is 0 Å². The fourth-order valence-corrected chi connectivity index (χ4v) is 0.182. The molecular weight excluding hydrogens is 112 g/mol. The van der Waals surface area contributed by atoms with Crippen LogP contribution in [0.1, 0.15) is 6.92 Å². The van der Waals surface area contributed by atoms with Crippen molar-refractivity contribution in [1.29, 1.82) is 0 Å². The summed E-state index contributed by atoms with van der Waals surface area (Å²) in [6.07, 6.45) is 0. The number of ketones is 1. The van der Waals surface area contributed by atoms with Gasteiger partial charge in [0.05, 0.1) is 0 Å². The SMILES string of the molecule is CC(=O)C[N+](=O)[O-].N. The lowest BCUT2D eigenvalue weighted by atomic mass is 10.5. The number of carbonyl (C=O) groups excluding carboxylic acids is 1. The molecule has 0 aromatic carbocycles. The van der Waals surface area contributed by atoms with E-state index in [1.54, 1.807) is 0 Å². The Morgan fingerprint density at radius 1 is 1.75 bits per heavy atom. The highest BCUT2D eigenvalue weighted by Crippen LogP contribution is 1.68. The highest BCUT2D eigenvalue weighted by Gasteiger charge is 1.98. The molecule has 0 fully saturated rings. The highest BCUT2D eigenvalue weighted by atomic mass is 16.6. The van der Waals surface area contributed by atoms with E-state index in [-0.39, 0.29) is 6.15 Å². The fourth-order valence-electron chi connectivity index (χ4n) is 0.182. The van der Waals surface area contributed by atoms with Gasteiger partial charge >= 0.3 is 0 Å². The number of hydrogen-bond acceptors (Lipinski definition) is 4. The van der Waals surface area contributed by atoms with Gasteiger partial charge in [-0.15, -0.1) is 0 Å². The molecule has 0 unspecified atom stereocenters. The first-order valence-electron chi connectivity index (χ1n) is 1.74. The second kappa shape index (κ2) is 4.20. The average molecular weight is 120 g/mol. The molecule has 0 saturated carbocycles. The lowest BCUT2D eigenvalue weighted by molar-refractivity contribution is -0.467. The lowest BCUT2D eigenvalue weighted by Gasteiger charge is -1.80. The first-order chi connectivity index (χ1) is 3.13. The van der Waals surface area contributed by atoms with E-state index in [0.29, 0.717) is 0 Å². The summed E-state index contributed by atoms with van der Waals surface area (Å²) < 4.78 is 0. The molecule has 48 valence electrons. The molecule has 0 aliphatic heterocycles. The van der Waals surface area contributed by atoms with E-state index < -0.39 is 17.3 Å². The van der Waals surface area contributed by atoms with Gasteiger partial charge in [-0.3, -0.25) is 14.9 Å². The Balaban J connectivity index is 0. The third-order valence-electron chi connectivity index (χ3n) is 0.352. The minimum Gasteiger partial charge on any atom is -0.344 e. The topological polar surface area (TPSA) is 95.2 Å². The molecule has 0 radical (unpaired) electrons. The van der Waals surface area contributed by atoms with Gasteiger partial charge in [-0.05, 0) is 0 Å². The first kappa shape index (κ1) is 10.1. The quantitative estimate of drug-likeness (QED) is 0.410. The van der Waals surface area contributed by atoms with Crippen LogP contribution in [0.5, 0.6) is 0 Å². The summed E-state index contributed by atoms with van der Waals surface area (Å²) in [7, 11) is 0. The van der Waals surface area contributed by atoms with Gasteiger partial charge in [0, 0.05) is 11.8 Å². The smallest absolute Gasteiger partial charge is 0.260 e. The molecule has 0 atom stereocenters. The molecule has 0 rings (SSSR count). The van der Waals surface area contributed by atoms with Crippen LogP contribution in [-0.4, -0.2) is 17.3 Å². The van der Waals surface area contributed by atoms with Crippen molar-refractivity contribution in [2.45, 2.75) is 6.92 Å². The predicted molar refractivity (Wildman–Crippen MR) is 27.6 cm³/mol. The van der Waals surface area contributed by atoms with E-state index in [1.807, 2.05) is 0 Å². The summed E-state index contributed by atoms with van der Waals surface area (Å²) in [5.41, 5.74) is 0. The van der Waals surface area contributed by atoms with Gasteiger partial charge in [0.2, 0.25) is 0 Å². The Morgan fingerprint density at radius 2 is 2.12 bits per heavy atom. The third-order valence-corrected chi connectivity index (χ3v) is 0.352. The maximum atomic E-state index is 9.81. The number of nitrogens with zero attached hydrogens (tertiary/aromatic N) is 1. The summed E-state index contributed by atoms with van der Waals surface area (Å²) in [5.74, 6) is -0.412. The van der Waals surface area contributed by atoms with Crippen molar-refractivity contribution in [2.24, 2.45) is 0 Å². The average Bonchev–Trinajstić information content (AvgIpc) is 1.27. The number of hydrogen-bond donors (Lipinski definition) is 1. The Kier molecular flexibility index (Phi) is 5.30. The van der Waals surface area contributed by atoms with Crippen molar-refractivity contribution in [3.8, 4) is 0 Å². The Hall–Kier alpha value is -0.970. The molecule has 0 aliphatic rings. The highest BCUT2D eigenvalue weighted by molar-refractivity contribution is 5.76. The van der Waals surface area contributed by atoms with Crippen LogP contribution < -0.4 is 6.15 Å². The first-order valence-corrected chi connectivity index (χ1v) is 1.74. The van der Waals surface area contributed by atoms with Crippen LogP contribution in [0.4, 0.5) is 0 Å². The minimum atomic E-state index is -0.650.